The fourth-order valence-corrected chi connectivity index (χ4v) is 2.97. The third-order valence-electron chi connectivity index (χ3n) is 3.73. The average molecular weight is 317 g/mol. The molecule has 1 heterocycles. The van der Waals surface area contributed by atoms with Crippen LogP contribution in [0.5, 0.6) is 0 Å². The van der Waals surface area contributed by atoms with E-state index in [9.17, 15) is 0 Å². The van der Waals surface area contributed by atoms with E-state index in [2.05, 4.69) is 16.3 Å². The quantitative estimate of drug-likeness (QED) is 0.782. The molecule has 0 aliphatic carbocycles. The number of hydrogen-bond donors (Lipinski definition) is 1. The molecule has 20 heavy (non-hydrogen) atoms. The van der Waals surface area contributed by atoms with Gasteiger partial charge in [-0.2, -0.15) is 0 Å². The summed E-state index contributed by atoms with van der Waals surface area (Å²) in [5, 5.41) is 4.71. The predicted molar refractivity (Wildman–Crippen MR) is 84.6 cm³/mol. The molecule has 1 aliphatic rings. The zero-order chi connectivity index (χ0) is 14.4. The summed E-state index contributed by atoms with van der Waals surface area (Å²) in [7, 11) is 1.73. The molecule has 0 spiro atoms. The van der Waals surface area contributed by atoms with Crippen LogP contribution in [-0.4, -0.2) is 44.3 Å². The smallest absolute Gasteiger partial charge is 0.0595 e. The Morgan fingerprint density at radius 2 is 2.20 bits per heavy atom. The normalized spacial score (nSPS) is 19.6. The summed E-state index contributed by atoms with van der Waals surface area (Å²) in [5.41, 5.74) is 1.23. The summed E-state index contributed by atoms with van der Waals surface area (Å²) in [6.45, 7) is 4.78. The SMILES string of the molecule is COCCNCC1CCCN1Cc1ccc(Cl)c(Cl)c1. The number of rotatable bonds is 7. The second-order valence-electron chi connectivity index (χ2n) is 5.21. The Morgan fingerprint density at radius 1 is 1.35 bits per heavy atom. The lowest BCUT2D eigenvalue weighted by molar-refractivity contribution is 0.191. The topological polar surface area (TPSA) is 24.5 Å². The summed E-state index contributed by atoms with van der Waals surface area (Å²) in [6, 6.07) is 6.50. The van der Waals surface area contributed by atoms with E-state index >= 15 is 0 Å². The van der Waals surface area contributed by atoms with Gasteiger partial charge in [0.1, 0.15) is 0 Å². The zero-order valence-corrected chi connectivity index (χ0v) is 13.4. The molecular weight excluding hydrogens is 295 g/mol. The van der Waals surface area contributed by atoms with Crippen LogP contribution in [0.2, 0.25) is 10.0 Å². The second-order valence-corrected chi connectivity index (χ2v) is 6.03. The van der Waals surface area contributed by atoms with Crippen LogP contribution in [-0.2, 0) is 11.3 Å². The average Bonchev–Trinajstić information content (AvgIpc) is 2.86. The molecule has 5 heteroatoms. The molecule has 0 saturated carbocycles. The van der Waals surface area contributed by atoms with Crippen LogP contribution in [0, 0.1) is 0 Å². The van der Waals surface area contributed by atoms with Crippen molar-refractivity contribution in [1.82, 2.24) is 10.2 Å². The molecule has 0 aromatic heterocycles. The van der Waals surface area contributed by atoms with E-state index in [4.69, 9.17) is 27.9 Å². The molecule has 1 saturated heterocycles. The summed E-state index contributed by atoms with van der Waals surface area (Å²) >= 11 is 12.0. The summed E-state index contributed by atoms with van der Waals surface area (Å²) in [6.07, 6.45) is 2.51. The van der Waals surface area contributed by atoms with Gasteiger partial charge in [-0.25, -0.2) is 0 Å². The number of likely N-dealkylation sites (tertiary alicyclic amines) is 1. The first-order valence-corrected chi connectivity index (χ1v) is 7.84. The Kier molecular flexibility index (Phi) is 6.59. The van der Waals surface area contributed by atoms with Crippen LogP contribution in [0.4, 0.5) is 0 Å². The molecule has 1 unspecified atom stereocenters. The van der Waals surface area contributed by atoms with Crippen molar-refractivity contribution in [2.45, 2.75) is 25.4 Å². The van der Waals surface area contributed by atoms with Crippen molar-refractivity contribution >= 4 is 23.2 Å². The van der Waals surface area contributed by atoms with Gasteiger partial charge in [-0.1, -0.05) is 29.3 Å². The Balaban J connectivity index is 1.85. The highest BCUT2D eigenvalue weighted by atomic mass is 35.5. The van der Waals surface area contributed by atoms with Crippen LogP contribution in [0.1, 0.15) is 18.4 Å². The molecule has 0 radical (unpaired) electrons. The number of halogens is 2. The highest BCUT2D eigenvalue weighted by Gasteiger charge is 2.24. The first-order chi connectivity index (χ1) is 9.70. The maximum absolute atomic E-state index is 6.08. The lowest BCUT2D eigenvalue weighted by Gasteiger charge is -2.25. The number of ether oxygens (including phenoxy) is 1. The molecule has 0 bridgehead atoms. The summed E-state index contributed by atoms with van der Waals surface area (Å²) in [4.78, 5) is 2.51. The molecule has 3 nitrogen and oxygen atoms in total. The van der Waals surface area contributed by atoms with E-state index in [1.165, 1.54) is 18.4 Å². The number of hydrogen-bond acceptors (Lipinski definition) is 3. The van der Waals surface area contributed by atoms with E-state index in [1.807, 2.05) is 12.1 Å². The van der Waals surface area contributed by atoms with Gasteiger partial charge in [-0.15, -0.1) is 0 Å². The second kappa shape index (κ2) is 8.20. The first-order valence-electron chi connectivity index (χ1n) is 7.08. The van der Waals surface area contributed by atoms with Crippen molar-refractivity contribution in [3.8, 4) is 0 Å². The minimum absolute atomic E-state index is 0.598. The lowest BCUT2D eigenvalue weighted by Crippen LogP contribution is -2.38. The Labute approximate surface area is 131 Å². The van der Waals surface area contributed by atoms with E-state index in [1.54, 1.807) is 7.11 Å². The number of benzene rings is 1. The molecule has 1 aromatic rings. The van der Waals surface area contributed by atoms with Crippen LogP contribution >= 0.6 is 23.2 Å². The van der Waals surface area contributed by atoms with Crippen LogP contribution in [0.25, 0.3) is 0 Å². The number of methoxy groups -OCH3 is 1. The zero-order valence-electron chi connectivity index (χ0n) is 11.9. The van der Waals surface area contributed by atoms with Gasteiger partial charge in [0.15, 0.2) is 0 Å². The minimum atomic E-state index is 0.598. The fourth-order valence-electron chi connectivity index (χ4n) is 2.65. The molecule has 1 atom stereocenters. The van der Waals surface area contributed by atoms with Crippen molar-refractivity contribution in [2.75, 3.05) is 33.4 Å². The molecule has 1 N–H and O–H groups in total. The highest BCUT2D eigenvalue weighted by Crippen LogP contribution is 2.25. The molecule has 112 valence electrons. The third-order valence-corrected chi connectivity index (χ3v) is 4.47. The minimum Gasteiger partial charge on any atom is -0.383 e. The van der Waals surface area contributed by atoms with Crippen molar-refractivity contribution in [3.05, 3.63) is 33.8 Å². The van der Waals surface area contributed by atoms with Crippen LogP contribution in [0.3, 0.4) is 0 Å². The molecular formula is C15H22Cl2N2O. The maximum atomic E-state index is 6.08. The highest BCUT2D eigenvalue weighted by molar-refractivity contribution is 6.42. The van der Waals surface area contributed by atoms with Gasteiger partial charge < -0.3 is 10.1 Å². The van der Waals surface area contributed by atoms with Gasteiger partial charge in [0.2, 0.25) is 0 Å². The molecule has 0 amide bonds. The summed E-state index contributed by atoms with van der Waals surface area (Å²) < 4.78 is 5.05. The van der Waals surface area contributed by atoms with Crippen LogP contribution in [0.15, 0.2) is 18.2 Å². The van der Waals surface area contributed by atoms with Gasteiger partial charge in [0, 0.05) is 32.8 Å². The lowest BCUT2D eigenvalue weighted by atomic mass is 10.2. The Hall–Kier alpha value is -0.320. The van der Waals surface area contributed by atoms with Gasteiger partial charge >= 0.3 is 0 Å². The number of nitrogens with one attached hydrogen (secondary N) is 1. The van der Waals surface area contributed by atoms with E-state index in [0.717, 1.165) is 32.8 Å². The van der Waals surface area contributed by atoms with Crippen molar-refractivity contribution < 1.29 is 4.74 Å². The van der Waals surface area contributed by atoms with E-state index in [-0.39, 0.29) is 0 Å². The van der Waals surface area contributed by atoms with Gasteiger partial charge in [-0.3, -0.25) is 4.90 Å². The van der Waals surface area contributed by atoms with E-state index in [0.29, 0.717) is 16.1 Å². The molecule has 1 aliphatic heterocycles. The molecule has 2 rings (SSSR count). The predicted octanol–water partition coefficient (Wildman–Crippen LogP) is 3.19. The first kappa shape index (κ1) is 16.1. The largest absolute Gasteiger partial charge is 0.383 e. The Bertz CT molecular complexity index is 428. The van der Waals surface area contributed by atoms with Gasteiger partial charge in [-0.05, 0) is 37.1 Å². The standard InChI is InChI=1S/C15H22Cl2N2O/c1-20-8-6-18-10-13-3-2-7-19(13)11-12-4-5-14(16)15(17)9-12/h4-5,9,13,18H,2-3,6-8,10-11H2,1H3. The maximum Gasteiger partial charge on any atom is 0.0595 e. The molecule has 1 fully saturated rings. The van der Waals surface area contributed by atoms with Crippen molar-refractivity contribution in [2.24, 2.45) is 0 Å². The van der Waals surface area contributed by atoms with Gasteiger partial charge in [0.05, 0.1) is 16.7 Å². The van der Waals surface area contributed by atoms with E-state index < -0.39 is 0 Å². The van der Waals surface area contributed by atoms with Crippen molar-refractivity contribution in [1.29, 1.82) is 0 Å². The summed E-state index contributed by atoms with van der Waals surface area (Å²) in [5.74, 6) is 0. The van der Waals surface area contributed by atoms with Gasteiger partial charge in [0.25, 0.3) is 0 Å². The molecule has 1 aromatic carbocycles. The number of nitrogens with zero attached hydrogens (tertiary/aromatic N) is 1. The monoisotopic (exact) mass is 316 g/mol. The van der Waals surface area contributed by atoms with Crippen LogP contribution < -0.4 is 5.32 Å². The third kappa shape index (κ3) is 4.61. The Morgan fingerprint density at radius 3 is 2.95 bits per heavy atom. The van der Waals surface area contributed by atoms with Crippen molar-refractivity contribution in [3.63, 3.8) is 0 Å². The fraction of sp³-hybridized carbons (Fsp3) is 0.600.